The molecular formula is C18H12BrN2O5S2-. The number of nitro benzene ring substituents is 1. The van der Waals surface area contributed by atoms with Crippen molar-refractivity contribution in [2.24, 2.45) is 0 Å². The zero-order valence-corrected chi connectivity index (χ0v) is 17.6. The molecule has 0 aliphatic carbocycles. The third kappa shape index (κ3) is 4.18. The number of carbonyl (C=O) groups excluding carboxylic acids is 1. The summed E-state index contributed by atoms with van der Waals surface area (Å²) < 4.78 is 5.52. The molecular weight excluding hydrogens is 468 g/mol. The normalized spacial score (nSPS) is 15.4. The van der Waals surface area contributed by atoms with Crippen molar-refractivity contribution in [3.63, 3.8) is 0 Å². The molecule has 0 radical (unpaired) electrons. The Balaban J connectivity index is 1.87. The summed E-state index contributed by atoms with van der Waals surface area (Å²) in [6.07, 6.45) is 1.34. The predicted molar refractivity (Wildman–Crippen MR) is 112 cm³/mol. The van der Waals surface area contributed by atoms with Crippen LogP contribution < -0.4 is 9.84 Å². The second-order valence-electron chi connectivity index (χ2n) is 5.72. The van der Waals surface area contributed by atoms with Gasteiger partial charge in [0.1, 0.15) is 10.1 Å². The molecule has 0 atom stereocenters. The van der Waals surface area contributed by atoms with Crippen molar-refractivity contribution in [3.05, 3.63) is 67.0 Å². The fraction of sp³-hybridized carbons (Fsp3) is 0.111. The first-order valence-corrected chi connectivity index (χ1v) is 9.85. The summed E-state index contributed by atoms with van der Waals surface area (Å²) in [5.41, 5.74) is 0.665. The first-order chi connectivity index (χ1) is 13.3. The lowest BCUT2D eigenvalue weighted by molar-refractivity contribution is -0.385. The maximum Gasteiger partial charge on any atom is 0.271 e. The number of benzene rings is 2. The molecule has 1 amide bonds. The van der Waals surface area contributed by atoms with Crippen LogP contribution >= 0.6 is 39.9 Å². The van der Waals surface area contributed by atoms with E-state index in [1.807, 2.05) is 12.1 Å². The van der Waals surface area contributed by atoms with Gasteiger partial charge in [-0.15, -0.1) is 0 Å². The maximum atomic E-state index is 12.7. The predicted octanol–water partition coefficient (Wildman–Crippen LogP) is 3.84. The molecule has 144 valence electrons. The molecule has 0 N–H and O–H groups in total. The molecule has 1 heterocycles. The lowest BCUT2D eigenvalue weighted by Crippen LogP contribution is -2.27. The Kier molecular flexibility index (Phi) is 6.01. The lowest BCUT2D eigenvalue weighted by atomic mass is 10.1. The van der Waals surface area contributed by atoms with Crippen LogP contribution in [-0.2, 0) is 11.3 Å². The van der Waals surface area contributed by atoms with Crippen LogP contribution in [0.25, 0.3) is 6.08 Å². The number of thiocarbonyl (C=S) groups is 1. The van der Waals surface area contributed by atoms with E-state index in [9.17, 15) is 20.0 Å². The van der Waals surface area contributed by atoms with Gasteiger partial charge in [0, 0.05) is 16.6 Å². The highest BCUT2D eigenvalue weighted by molar-refractivity contribution is 9.10. The van der Waals surface area contributed by atoms with Crippen LogP contribution in [0.1, 0.15) is 11.1 Å². The summed E-state index contributed by atoms with van der Waals surface area (Å²) in [7, 11) is 1.57. The van der Waals surface area contributed by atoms with Crippen molar-refractivity contribution >= 4 is 61.9 Å². The summed E-state index contributed by atoms with van der Waals surface area (Å²) in [6, 6.07) is 9.50. The van der Waals surface area contributed by atoms with Crippen molar-refractivity contribution in [2.45, 2.75) is 6.54 Å². The van der Waals surface area contributed by atoms with E-state index in [0.717, 1.165) is 29.5 Å². The van der Waals surface area contributed by atoms with Gasteiger partial charge in [0.25, 0.3) is 11.6 Å². The standard InChI is InChI=1S/C18H13BrN2O5S2/c1-26-13-4-2-10(3-5-13)9-20-17(23)15(28-18(20)27)7-11-6-12(21(24)25)8-14(19)16(11)22/h2-8,22H,9H2,1H3/p-1/b15-7-. The number of thioether (sulfide) groups is 1. The number of carbonyl (C=O) groups is 1. The van der Waals surface area contributed by atoms with E-state index >= 15 is 0 Å². The van der Waals surface area contributed by atoms with Crippen LogP contribution in [-0.4, -0.2) is 27.2 Å². The van der Waals surface area contributed by atoms with Gasteiger partial charge in [0.15, 0.2) is 0 Å². The average Bonchev–Trinajstić information content (AvgIpc) is 2.93. The van der Waals surface area contributed by atoms with Crippen LogP contribution in [0.4, 0.5) is 5.69 Å². The molecule has 2 aromatic carbocycles. The van der Waals surface area contributed by atoms with Crippen molar-refractivity contribution in [1.29, 1.82) is 0 Å². The second-order valence-corrected chi connectivity index (χ2v) is 8.25. The highest BCUT2D eigenvalue weighted by Crippen LogP contribution is 2.37. The van der Waals surface area contributed by atoms with E-state index in [1.165, 1.54) is 11.0 Å². The van der Waals surface area contributed by atoms with Crippen molar-refractivity contribution in [3.8, 4) is 11.5 Å². The first kappa shape index (κ1) is 20.3. The Morgan fingerprint density at radius 3 is 2.61 bits per heavy atom. The topological polar surface area (TPSA) is 95.7 Å². The fourth-order valence-electron chi connectivity index (χ4n) is 2.50. The molecule has 0 spiro atoms. The van der Waals surface area contributed by atoms with E-state index in [2.05, 4.69) is 15.9 Å². The van der Waals surface area contributed by atoms with E-state index in [-0.39, 0.29) is 33.1 Å². The molecule has 1 aliphatic heterocycles. The minimum atomic E-state index is -0.601. The maximum absolute atomic E-state index is 12.7. The molecule has 10 heteroatoms. The number of rotatable bonds is 5. The molecule has 1 saturated heterocycles. The first-order valence-electron chi connectivity index (χ1n) is 7.83. The van der Waals surface area contributed by atoms with E-state index in [1.54, 1.807) is 19.2 Å². The van der Waals surface area contributed by atoms with E-state index in [4.69, 9.17) is 17.0 Å². The molecule has 0 aromatic heterocycles. The number of nitrogens with zero attached hydrogens (tertiary/aromatic N) is 2. The largest absolute Gasteiger partial charge is 0.871 e. The Hall–Kier alpha value is -2.43. The summed E-state index contributed by atoms with van der Waals surface area (Å²) in [4.78, 5) is 24.8. The fourth-order valence-corrected chi connectivity index (χ4v) is 4.21. The third-order valence-corrected chi connectivity index (χ3v) is 5.89. The molecule has 1 fully saturated rings. The van der Waals surface area contributed by atoms with E-state index in [0.29, 0.717) is 10.1 Å². The van der Waals surface area contributed by atoms with Crippen LogP contribution in [0.2, 0.25) is 0 Å². The summed E-state index contributed by atoms with van der Waals surface area (Å²) in [6.45, 7) is 0.273. The third-order valence-electron chi connectivity index (χ3n) is 3.93. The highest BCUT2D eigenvalue weighted by atomic mass is 79.9. The van der Waals surface area contributed by atoms with Crippen LogP contribution in [0, 0.1) is 10.1 Å². The zero-order chi connectivity index (χ0) is 20.4. The Labute approximate surface area is 178 Å². The number of hydrogen-bond acceptors (Lipinski definition) is 7. The second kappa shape index (κ2) is 8.29. The Morgan fingerprint density at radius 1 is 1.32 bits per heavy atom. The molecule has 7 nitrogen and oxygen atoms in total. The number of nitro groups is 1. The van der Waals surface area contributed by atoms with Gasteiger partial charge < -0.3 is 9.84 Å². The number of hydrogen-bond donors (Lipinski definition) is 0. The monoisotopic (exact) mass is 479 g/mol. The Bertz CT molecular complexity index is 1010. The number of methoxy groups -OCH3 is 1. The molecule has 0 saturated carbocycles. The molecule has 2 aromatic rings. The van der Waals surface area contributed by atoms with Gasteiger partial charge in [-0.1, -0.05) is 57.8 Å². The van der Waals surface area contributed by atoms with Gasteiger partial charge in [-0.25, -0.2) is 0 Å². The number of non-ortho nitro benzene ring substituents is 1. The van der Waals surface area contributed by atoms with Gasteiger partial charge in [-0.3, -0.25) is 19.8 Å². The quantitative estimate of drug-likeness (QED) is 0.278. The van der Waals surface area contributed by atoms with Crippen LogP contribution in [0.3, 0.4) is 0 Å². The number of amides is 1. The van der Waals surface area contributed by atoms with Gasteiger partial charge >= 0.3 is 0 Å². The van der Waals surface area contributed by atoms with Gasteiger partial charge in [0.2, 0.25) is 0 Å². The van der Waals surface area contributed by atoms with Gasteiger partial charge in [-0.2, -0.15) is 0 Å². The number of ether oxygens (including phenoxy) is 1. The molecule has 28 heavy (non-hydrogen) atoms. The average molecular weight is 480 g/mol. The van der Waals surface area contributed by atoms with Crippen LogP contribution in [0.15, 0.2) is 45.8 Å². The summed E-state index contributed by atoms with van der Waals surface area (Å²) >= 11 is 9.37. The van der Waals surface area contributed by atoms with Crippen molar-refractivity contribution in [1.82, 2.24) is 4.90 Å². The minimum absolute atomic E-state index is 0.0472. The van der Waals surface area contributed by atoms with Gasteiger partial charge in [-0.05, 0) is 29.3 Å². The highest BCUT2D eigenvalue weighted by Gasteiger charge is 2.32. The zero-order valence-electron chi connectivity index (χ0n) is 14.4. The molecule has 1 aliphatic rings. The van der Waals surface area contributed by atoms with Crippen molar-refractivity contribution < 1.29 is 19.6 Å². The lowest BCUT2D eigenvalue weighted by Gasteiger charge is -2.15. The SMILES string of the molecule is COc1ccc(CN2C(=O)/C(=C/c3cc([N+](=O)[O-])cc(Br)c3[O-])SC2=S)cc1. The number of halogens is 1. The minimum Gasteiger partial charge on any atom is -0.871 e. The molecule has 0 unspecified atom stereocenters. The smallest absolute Gasteiger partial charge is 0.271 e. The molecule has 0 bridgehead atoms. The van der Waals surface area contributed by atoms with E-state index < -0.39 is 10.7 Å². The van der Waals surface area contributed by atoms with Crippen LogP contribution in [0.5, 0.6) is 11.5 Å². The summed E-state index contributed by atoms with van der Waals surface area (Å²) in [5, 5.41) is 23.3. The summed E-state index contributed by atoms with van der Waals surface area (Å²) in [5.74, 6) is -0.0906. The Morgan fingerprint density at radius 2 is 2.00 bits per heavy atom. The van der Waals surface area contributed by atoms with Crippen molar-refractivity contribution in [2.75, 3.05) is 7.11 Å². The molecule has 3 rings (SSSR count). The van der Waals surface area contributed by atoms with Gasteiger partial charge in [0.05, 0.1) is 23.5 Å².